The number of allylic oxidation sites excluding steroid dienone is 4. The molecular weight excluding hydrogens is 450 g/mol. The Morgan fingerprint density at radius 1 is 1.00 bits per heavy atom. The molecule has 0 spiro atoms. The second-order valence-corrected chi connectivity index (χ2v) is 8.72. The van der Waals surface area contributed by atoms with Gasteiger partial charge >= 0.3 is 11.8 Å². The molecule has 0 radical (unpaired) electrons. The molecule has 2 heterocycles. The van der Waals surface area contributed by atoms with Crippen LogP contribution in [0.4, 0.5) is 17.6 Å². The van der Waals surface area contributed by atoms with E-state index in [1.807, 2.05) is 6.07 Å². The number of aromatic nitrogens is 1. The van der Waals surface area contributed by atoms with Crippen LogP contribution in [-0.2, 0) is 0 Å². The molecule has 0 saturated heterocycles. The number of hydrogen-bond acceptors (Lipinski definition) is 4. The van der Waals surface area contributed by atoms with Gasteiger partial charge in [-0.15, -0.1) is 11.3 Å². The van der Waals surface area contributed by atoms with Crippen LogP contribution in [0.15, 0.2) is 72.1 Å². The van der Waals surface area contributed by atoms with Crippen molar-refractivity contribution in [2.24, 2.45) is 0 Å². The van der Waals surface area contributed by atoms with E-state index in [4.69, 9.17) is 0 Å². The molecule has 2 aromatic heterocycles. The van der Waals surface area contributed by atoms with Crippen molar-refractivity contribution in [2.75, 3.05) is 0 Å². The predicted molar refractivity (Wildman–Crippen MR) is 118 cm³/mol. The summed E-state index contributed by atoms with van der Waals surface area (Å²) in [6.07, 6.45) is 1.39. The van der Waals surface area contributed by atoms with Gasteiger partial charge in [-0.05, 0) is 47.4 Å². The zero-order valence-corrected chi connectivity index (χ0v) is 18.1. The zero-order valence-electron chi connectivity index (χ0n) is 17.2. The first-order valence-corrected chi connectivity index (χ1v) is 10.6. The second-order valence-electron chi connectivity index (χ2n) is 7.47. The Labute approximate surface area is 191 Å². The van der Waals surface area contributed by atoms with E-state index in [1.54, 1.807) is 43.3 Å². The third-order valence-corrected chi connectivity index (χ3v) is 6.56. The summed E-state index contributed by atoms with van der Waals surface area (Å²) in [6, 6.07) is 16.6. The lowest BCUT2D eigenvalue weighted by atomic mass is 9.89. The van der Waals surface area contributed by atoms with Gasteiger partial charge < -0.3 is 0 Å². The summed E-state index contributed by atoms with van der Waals surface area (Å²) in [7, 11) is 0. The number of rotatable bonds is 4. The maximum atomic E-state index is 15.3. The number of nitriles is 2. The standard InChI is InChI=1S/C25H15F4N3S/c1-15-19(11-21(33-15)16-5-3-2-4-6-16)23-20(12-24(26,27)25(23,28)29)22(18(13-30)14-31)17-7-9-32-10-8-17/h2-11H,12H2,1H3. The fraction of sp³-hybridized carbons (Fsp3) is 0.160. The maximum Gasteiger partial charge on any atom is 0.336 e. The minimum Gasteiger partial charge on any atom is -0.265 e. The lowest BCUT2D eigenvalue weighted by Crippen LogP contribution is -2.36. The highest BCUT2D eigenvalue weighted by Crippen LogP contribution is 2.59. The topological polar surface area (TPSA) is 60.5 Å². The molecule has 1 aliphatic rings. The third kappa shape index (κ3) is 3.73. The highest BCUT2D eigenvalue weighted by Gasteiger charge is 2.65. The number of pyridine rings is 1. The van der Waals surface area contributed by atoms with Gasteiger partial charge in [-0.25, -0.2) is 0 Å². The van der Waals surface area contributed by atoms with E-state index in [1.165, 1.54) is 41.9 Å². The smallest absolute Gasteiger partial charge is 0.265 e. The molecule has 0 fully saturated rings. The summed E-state index contributed by atoms with van der Waals surface area (Å²) in [4.78, 5) is 4.93. The van der Waals surface area contributed by atoms with E-state index in [0.717, 1.165) is 5.56 Å². The molecule has 3 aromatic rings. The van der Waals surface area contributed by atoms with E-state index in [9.17, 15) is 19.3 Å². The average molecular weight is 465 g/mol. The lowest BCUT2D eigenvalue weighted by molar-refractivity contribution is -0.161. The molecule has 0 bridgehead atoms. The van der Waals surface area contributed by atoms with Crippen LogP contribution in [0.3, 0.4) is 0 Å². The summed E-state index contributed by atoms with van der Waals surface area (Å²) in [6.45, 7) is 1.59. The van der Waals surface area contributed by atoms with Crippen LogP contribution in [0.2, 0.25) is 0 Å². The zero-order chi connectivity index (χ0) is 23.8. The first-order valence-electron chi connectivity index (χ1n) is 9.82. The fourth-order valence-electron chi connectivity index (χ4n) is 3.94. The Balaban J connectivity index is 2.05. The summed E-state index contributed by atoms with van der Waals surface area (Å²) in [5.41, 5.74) is -1.04. The Kier molecular flexibility index (Phi) is 5.65. The number of hydrogen-bond donors (Lipinski definition) is 0. The van der Waals surface area contributed by atoms with Crippen molar-refractivity contribution in [1.29, 1.82) is 10.5 Å². The van der Waals surface area contributed by atoms with Gasteiger partial charge in [0.25, 0.3) is 0 Å². The summed E-state index contributed by atoms with van der Waals surface area (Å²) in [5, 5.41) is 19.0. The Morgan fingerprint density at radius 3 is 2.24 bits per heavy atom. The molecule has 1 aliphatic carbocycles. The molecule has 0 unspecified atom stereocenters. The first-order chi connectivity index (χ1) is 15.7. The van der Waals surface area contributed by atoms with Gasteiger partial charge in [0.2, 0.25) is 0 Å². The van der Waals surface area contributed by atoms with Gasteiger partial charge in [0.15, 0.2) is 0 Å². The molecule has 4 rings (SSSR count). The van der Waals surface area contributed by atoms with Crippen molar-refractivity contribution in [3.63, 3.8) is 0 Å². The van der Waals surface area contributed by atoms with Gasteiger partial charge in [0.05, 0.1) is 0 Å². The van der Waals surface area contributed by atoms with Crippen LogP contribution in [0.25, 0.3) is 21.6 Å². The predicted octanol–water partition coefficient (Wildman–Crippen LogP) is 7.05. The van der Waals surface area contributed by atoms with Crippen LogP contribution >= 0.6 is 11.3 Å². The number of nitrogens with zero attached hydrogens (tertiary/aromatic N) is 3. The number of benzene rings is 1. The molecule has 1 aromatic carbocycles. The van der Waals surface area contributed by atoms with E-state index in [2.05, 4.69) is 4.98 Å². The van der Waals surface area contributed by atoms with Crippen LogP contribution in [0.1, 0.15) is 22.4 Å². The van der Waals surface area contributed by atoms with Crippen LogP contribution in [-0.4, -0.2) is 16.8 Å². The maximum absolute atomic E-state index is 15.3. The van der Waals surface area contributed by atoms with Crippen molar-refractivity contribution in [3.8, 4) is 22.6 Å². The molecule has 3 nitrogen and oxygen atoms in total. The van der Waals surface area contributed by atoms with Gasteiger partial charge in [-0.1, -0.05) is 30.3 Å². The first kappa shape index (κ1) is 22.4. The lowest BCUT2D eigenvalue weighted by Gasteiger charge is -2.21. The van der Waals surface area contributed by atoms with Crippen molar-refractivity contribution in [1.82, 2.24) is 4.98 Å². The molecule has 0 atom stereocenters. The molecule has 33 heavy (non-hydrogen) atoms. The SMILES string of the molecule is Cc1sc(-c2ccccc2)cc1C1=C(C(=C(C#N)C#N)c2ccncc2)CC(F)(F)C1(F)F. The summed E-state index contributed by atoms with van der Waals surface area (Å²) >= 11 is 1.22. The van der Waals surface area contributed by atoms with Gasteiger partial charge in [-0.3, -0.25) is 4.98 Å². The highest BCUT2D eigenvalue weighted by molar-refractivity contribution is 7.15. The average Bonchev–Trinajstić information content (AvgIpc) is 3.26. The fourth-order valence-corrected chi connectivity index (χ4v) is 4.97. The van der Waals surface area contributed by atoms with Gasteiger partial charge in [0.1, 0.15) is 17.7 Å². The third-order valence-electron chi connectivity index (χ3n) is 5.46. The summed E-state index contributed by atoms with van der Waals surface area (Å²) < 4.78 is 60.0. The molecule has 0 N–H and O–H groups in total. The monoisotopic (exact) mass is 465 g/mol. The van der Waals surface area contributed by atoms with Crippen molar-refractivity contribution >= 4 is 22.5 Å². The van der Waals surface area contributed by atoms with E-state index in [-0.39, 0.29) is 16.7 Å². The Hall–Kier alpha value is -3.75. The van der Waals surface area contributed by atoms with Crippen LogP contribution < -0.4 is 0 Å². The van der Waals surface area contributed by atoms with Crippen molar-refractivity contribution in [2.45, 2.75) is 25.2 Å². The molecule has 0 aliphatic heterocycles. The van der Waals surface area contributed by atoms with Crippen LogP contribution in [0, 0.1) is 29.6 Å². The minimum absolute atomic E-state index is 0.0159. The van der Waals surface area contributed by atoms with Crippen molar-refractivity contribution in [3.05, 3.63) is 88.1 Å². The second kappa shape index (κ2) is 8.31. The molecule has 8 heteroatoms. The van der Waals surface area contributed by atoms with Crippen LogP contribution in [0.5, 0.6) is 0 Å². The molecule has 0 saturated carbocycles. The molecular formula is C25H15F4N3S. The van der Waals surface area contributed by atoms with E-state index < -0.39 is 35.0 Å². The van der Waals surface area contributed by atoms with Gasteiger partial charge in [0, 0.05) is 39.7 Å². The quantitative estimate of drug-likeness (QED) is 0.306. The largest absolute Gasteiger partial charge is 0.336 e. The molecule has 164 valence electrons. The van der Waals surface area contributed by atoms with E-state index >= 15 is 8.78 Å². The number of alkyl halides is 4. The Bertz CT molecular complexity index is 1340. The number of aryl methyl sites for hydroxylation is 1. The van der Waals surface area contributed by atoms with E-state index in [0.29, 0.717) is 9.75 Å². The number of thiophene rings is 1. The van der Waals surface area contributed by atoms with Crippen molar-refractivity contribution < 1.29 is 17.6 Å². The summed E-state index contributed by atoms with van der Waals surface area (Å²) in [5.74, 6) is -8.87. The minimum atomic E-state index is -4.49. The molecule has 0 amide bonds. The van der Waals surface area contributed by atoms with Gasteiger partial charge in [-0.2, -0.15) is 28.1 Å². The number of halogens is 4. The highest BCUT2D eigenvalue weighted by atomic mass is 32.1. The Morgan fingerprint density at radius 2 is 1.64 bits per heavy atom. The normalized spacial score (nSPS) is 16.2.